The summed E-state index contributed by atoms with van der Waals surface area (Å²) in [6.45, 7) is 3.03. The highest BCUT2D eigenvalue weighted by molar-refractivity contribution is 5.75. The molecule has 1 aromatic carbocycles. The maximum Gasteiger partial charge on any atom is 0.161 e. The van der Waals surface area contributed by atoms with Crippen molar-refractivity contribution in [3.8, 4) is 0 Å². The molecule has 0 aliphatic rings. The Morgan fingerprint density at radius 1 is 0.950 bits per heavy atom. The smallest absolute Gasteiger partial charge is 0.161 e. The van der Waals surface area contributed by atoms with Gasteiger partial charge in [0.2, 0.25) is 0 Å². The zero-order valence-corrected chi connectivity index (χ0v) is 12.0. The molecule has 0 aliphatic carbocycles. The zero-order chi connectivity index (χ0) is 14.4. The van der Waals surface area contributed by atoms with Crippen molar-refractivity contribution >= 4 is 11.0 Å². The predicted octanol–water partition coefficient (Wildman–Crippen LogP) is 5.07. The zero-order valence-electron chi connectivity index (χ0n) is 12.0. The number of imidazole rings is 1. The number of hydrogen-bond acceptors (Lipinski definition) is 1. The minimum atomic E-state index is -0.835. The van der Waals surface area contributed by atoms with E-state index in [1.54, 1.807) is 6.33 Å². The van der Waals surface area contributed by atoms with Crippen molar-refractivity contribution in [1.82, 2.24) is 9.55 Å². The molecule has 0 radical (unpaired) electrons. The summed E-state index contributed by atoms with van der Waals surface area (Å²) in [6.07, 6.45) is 10.3. The van der Waals surface area contributed by atoms with Gasteiger partial charge >= 0.3 is 0 Å². The van der Waals surface area contributed by atoms with Crippen LogP contribution in [0.4, 0.5) is 8.78 Å². The first-order chi connectivity index (χ1) is 9.72. The fourth-order valence-corrected chi connectivity index (χ4v) is 2.47. The third-order valence-electron chi connectivity index (χ3n) is 3.67. The van der Waals surface area contributed by atoms with Gasteiger partial charge in [0.15, 0.2) is 11.6 Å². The van der Waals surface area contributed by atoms with E-state index in [0.717, 1.165) is 19.0 Å². The Morgan fingerprint density at radius 2 is 1.60 bits per heavy atom. The average Bonchev–Trinajstić information content (AvgIpc) is 2.81. The van der Waals surface area contributed by atoms with Crippen LogP contribution in [0.2, 0.25) is 0 Å². The van der Waals surface area contributed by atoms with Gasteiger partial charge < -0.3 is 4.57 Å². The molecule has 0 amide bonds. The second kappa shape index (κ2) is 7.36. The van der Waals surface area contributed by atoms with Crippen LogP contribution in [0.25, 0.3) is 11.0 Å². The van der Waals surface area contributed by atoms with Crippen molar-refractivity contribution in [1.29, 1.82) is 0 Å². The Balaban J connectivity index is 1.83. The lowest BCUT2D eigenvalue weighted by Crippen LogP contribution is -1.97. The first kappa shape index (κ1) is 14.9. The second-order valence-electron chi connectivity index (χ2n) is 5.31. The van der Waals surface area contributed by atoms with Crippen LogP contribution < -0.4 is 0 Å². The van der Waals surface area contributed by atoms with Crippen LogP contribution in [-0.2, 0) is 6.54 Å². The summed E-state index contributed by atoms with van der Waals surface area (Å²) in [5.41, 5.74) is 1.20. The molecule has 110 valence electrons. The number of halogens is 2. The monoisotopic (exact) mass is 280 g/mol. The number of hydrogen-bond donors (Lipinski definition) is 0. The Morgan fingerprint density at radius 3 is 2.35 bits per heavy atom. The fourth-order valence-electron chi connectivity index (χ4n) is 2.47. The molecule has 0 spiro atoms. The van der Waals surface area contributed by atoms with Gasteiger partial charge in [-0.2, -0.15) is 0 Å². The third-order valence-corrected chi connectivity index (χ3v) is 3.67. The maximum atomic E-state index is 13.3. The van der Waals surface area contributed by atoms with E-state index in [2.05, 4.69) is 11.9 Å². The van der Waals surface area contributed by atoms with E-state index in [-0.39, 0.29) is 0 Å². The second-order valence-corrected chi connectivity index (χ2v) is 5.31. The van der Waals surface area contributed by atoms with Crippen LogP contribution in [-0.4, -0.2) is 9.55 Å². The Hall–Kier alpha value is -1.45. The van der Waals surface area contributed by atoms with Gasteiger partial charge in [-0.05, 0) is 6.42 Å². The number of aromatic nitrogens is 2. The van der Waals surface area contributed by atoms with Crippen LogP contribution in [0.3, 0.4) is 0 Å². The summed E-state index contributed by atoms with van der Waals surface area (Å²) >= 11 is 0. The highest BCUT2D eigenvalue weighted by Gasteiger charge is 2.08. The molecular weight excluding hydrogens is 258 g/mol. The van der Waals surface area contributed by atoms with Crippen molar-refractivity contribution in [2.24, 2.45) is 0 Å². The lowest BCUT2D eigenvalue weighted by molar-refractivity contribution is 0.509. The topological polar surface area (TPSA) is 17.8 Å². The molecule has 20 heavy (non-hydrogen) atoms. The van der Waals surface area contributed by atoms with E-state index < -0.39 is 11.6 Å². The number of aryl methyl sites for hydroxylation is 1. The molecule has 0 bridgehead atoms. The minimum Gasteiger partial charge on any atom is -0.331 e. The highest BCUT2D eigenvalue weighted by Crippen LogP contribution is 2.18. The number of rotatable bonds is 8. The molecule has 0 saturated carbocycles. The van der Waals surface area contributed by atoms with Crippen molar-refractivity contribution < 1.29 is 8.78 Å². The van der Waals surface area contributed by atoms with Gasteiger partial charge in [-0.3, -0.25) is 0 Å². The van der Waals surface area contributed by atoms with E-state index in [4.69, 9.17) is 0 Å². The highest BCUT2D eigenvalue weighted by atomic mass is 19.2. The number of nitrogens with zero attached hydrogens (tertiary/aromatic N) is 2. The van der Waals surface area contributed by atoms with Gasteiger partial charge in [0.1, 0.15) is 0 Å². The maximum absolute atomic E-state index is 13.3. The molecule has 2 aromatic rings. The summed E-state index contributed by atoms with van der Waals surface area (Å²) in [4.78, 5) is 4.12. The predicted molar refractivity (Wildman–Crippen MR) is 77.6 cm³/mol. The van der Waals surface area contributed by atoms with Crippen molar-refractivity contribution in [3.05, 3.63) is 30.1 Å². The Labute approximate surface area is 118 Å². The van der Waals surface area contributed by atoms with Crippen molar-refractivity contribution in [3.63, 3.8) is 0 Å². The van der Waals surface area contributed by atoms with Crippen LogP contribution in [0.1, 0.15) is 51.9 Å². The number of fused-ring (bicyclic) bond motifs is 1. The minimum absolute atomic E-state index is 0.520. The van der Waals surface area contributed by atoms with E-state index in [1.165, 1.54) is 44.6 Å². The lowest BCUT2D eigenvalue weighted by atomic mass is 10.1. The summed E-state index contributed by atoms with van der Waals surface area (Å²) in [5, 5.41) is 0. The van der Waals surface area contributed by atoms with E-state index in [9.17, 15) is 8.78 Å². The largest absolute Gasteiger partial charge is 0.331 e. The molecule has 1 aromatic heterocycles. The number of unbranched alkanes of at least 4 members (excludes halogenated alkanes) is 6. The van der Waals surface area contributed by atoms with Gasteiger partial charge in [-0.25, -0.2) is 13.8 Å². The van der Waals surface area contributed by atoms with Crippen LogP contribution in [0, 0.1) is 11.6 Å². The molecule has 0 saturated heterocycles. The molecular formula is C16H22F2N2. The third kappa shape index (κ3) is 3.78. The molecule has 0 N–H and O–H groups in total. The molecule has 2 nitrogen and oxygen atoms in total. The van der Waals surface area contributed by atoms with Gasteiger partial charge in [0, 0.05) is 18.7 Å². The van der Waals surface area contributed by atoms with Gasteiger partial charge in [0.05, 0.1) is 17.4 Å². The van der Waals surface area contributed by atoms with Gasteiger partial charge in [-0.15, -0.1) is 0 Å². The lowest BCUT2D eigenvalue weighted by Gasteiger charge is -2.05. The molecule has 0 fully saturated rings. The SMILES string of the molecule is CCCCCCCCCn1cnc2cc(F)c(F)cc21. The van der Waals surface area contributed by atoms with Crippen LogP contribution in [0.15, 0.2) is 18.5 Å². The summed E-state index contributed by atoms with van der Waals surface area (Å²) in [7, 11) is 0. The van der Waals surface area contributed by atoms with Gasteiger partial charge in [0.25, 0.3) is 0 Å². The Kier molecular flexibility index (Phi) is 5.50. The molecule has 0 aliphatic heterocycles. The summed E-state index contributed by atoms with van der Waals surface area (Å²) in [5.74, 6) is -1.64. The average molecular weight is 280 g/mol. The Bertz CT molecular complexity index is 549. The van der Waals surface area contributed by atoms with Crippen molar-refractivity contribution in [2.75, 3.05) is 0 Å². The van der Waals surface area contributed by atoms with E-state index >= 15 is 0 Å². The molecule has 0 unspecified atom stereocenters. The molecule has 0 atom stereocenters. The number of benzene rings is 1. The summed E-state index contributed by atoms with van der Waals surface area (Å²) in [6, 6.07) is 2.39. The summed E-state index contributed by atoms with van der Waals surface area (Å²) < 4.78 is 28.2. The first-order valence-corrected chi connectivity index (χ1v) is 7.52. The van der Waals surface area contributed by atoms with Crippen molar-refractivity contribution in [2.45, 2.75) is 58.4 Å². The van der Waals surface area contributed by atoms with Crippen LogP contribution in [0.5, 0.6) is 0 Å². The fraction of sp³-hybridized carbons (Fsp3) is 0.562. The van der Waals surface area contributed by atoms with Crippen LogP contribution >= 0.6 is 0 Å². The molecule has 2 rings (SSSR count). The quantitative estimate of drug-likeness (QED) is 0.618. The van der Waals surface area contributed by atoms with Gasteiger partial charge in [-0.1, -0.05) is 45.4 Å². The molecule has 4 heteroatoms. The van der Waals surface area contributed by atoms with E-state index in [0.29, 0.717) is 11.0 Å². The van der Waals surface area contributed by atoms with E-state index in [1.807, 2.05) is 4.57 Å². The standard InChI is InChI=1S/C16H22F2N2/c1-2-3-4-5-6-7-8-9-20-12-19-15-10-13(17)14(18)11-16(15)20/h10-12H,2-9H2,1H3. The normalized spacial score (nSPS) is 11.3. The first-order valence-electron chi connectivity index (χ1n) is 7.52. The molecule has 1 heterocycles.